The van der Waals surface area contributed by atoms with E-state index in [2.05, 4.69) is 15.5 Å². The summed E-state index contributed by atoms with van der Waals surface area (Å²) < 4.78 is 10.5. The summed E-state index contributed by atoms with van der Waals surface area (Å²) in [5.74, 6) is -1.72. The summed E-state index contributed by atoms with van der Waals surface area (Å²) >= 11 is 6.01. The zero-order valence-electron chi connectivity index (χ0n) is 18.0. The molecule has 2 aromatic carbocycles. The van der Waals surface area contributed by atoms with E-state index in [0.717, 1.165) is 17.0 Å². The Labute approximate surface area is 198 Å². The third-order valence-corrected chi connectivity index (χ3v) is 4.99. The topological polar surface area (TPSA) is 155 Å². The van der Waals surface area contributed by atoms with Gasteiger partial charge in [0.05, 0.1) is 19.6 Å². The van der Waals surface area contributed by atoms with Gasteiger partial charge in [-0.25, -0.2) is 9.59 Å². The van der Waals surface area contributed by atoms with Crippen molar-refractivity contribution in [1.29, 1.82) is 0 Å². The van der Waals surface area contributed by atoms with Gasteiger partial charge in [0.1, 0.15) is 5.75 Å². The lowest BCUT2D eigenvalue weighted by Crippen LogP contribution is -2.48. The summed E-state index contributed by atoms with van der Waals surface area (Å²) in [7, 11) is 1.61. The standard InChI is InChI=1S/C20H19ClN4O3.C2H2O4/c1-27-17-7-5-16(6-8-17)22-18(26)12-25-10-14(11-25)20-23-19(24-28-20)13-3-2-4-15(21)9-13;3-1(4)2(5)6/h2-9,14H,10-12H2,1H3,(H,22,26);(H,3,4)(H,5,6). The number of halogens is 1. The number of aliphatic carboxylic acids is 2. The summed E-state index contributed by atoms with van der Waals surface area (Å²) in [5.41, 5.74) is 1.56. The maximum Gasteiger partial charge on any atom is 0.414 e. The highest BCUT2D eigenvalue weighted by Crippen LogP contribution is 2.28. The first kappa shape index (κ1) is 24.7. The molecule has 3 aromatic rings. The molecule has 0 bridgehead atoms. The molecule has 1 fully saturated rings. The summed E-state index contributed by atoms with van der Waals surface area (Å²) in [6, 6.07) is 14.6. The first-order valence-electron chi connectivity index (χ1n) is 9.97. The fourth-order valence-corrected chi connectivity index (χ4v) is 3.27. The summed E-state index contributed by atoms with van der Waals surface area (Å²) in [6.45, 7) is 1.72. The SMILES string of the molecule is COc1ccc(NC(=O)CN2CC(c3nc(-c4cccc(Cl)c4)no3)C2)cc1.O=C(O)C(=O)O. The Morgan fingerprint density at radius 2 is 1.82 bits per heavy atom. The number of carboxylic acid groups (broad SMARTS) is 2. The molecule has 3 N–H and O–H groups in total. The first-order chi connectivity index (χ1) is 16.2. The number of benzene rings is 2. The van der Waals surface area contributed by atoms with Gasteiger partial charge in [-0.05, 0) is 36.4 Å². The van der Waals surface area contributed by atoms with Crippen LogP contribution in [0.4, 0.5) is 5.69 Å². The van der Waals surface area contributed by atoms with Gasteiger partial charge >= 0.3 is 11.9 Å². The van der Waals surface area contributed by atoms with Crippen molar-refractivity contribution in [2.45, 2.75) is 5.92 Å². The van der Waals surface area contributed by atoms with Crippen LogP contribution in [-0.4, -0.2) is 69.8 Å². The zero-order chi connectivity index (χ0) is 24.7. The van der Waals surface area contributed by atoms with Crippen molar-refractivity contribution in [3.05, 3.63) is 59.4 Å². The largest absolute Gasteiger partial charge is 0.497 e. The number of ether oxygens (including phenoxy) is 1. The Hall–Kier alpha value is -3.96. The van der Waals surface area contributed by atoms with E-state index in [-0.39, 0.29) is 11.8 Å². The van der Waals surface area contributed by atoms with Gasteiger partial charge < -0.3 is 24.8 Å². The zero-order valence-corrected chi connectivity index (χ0v) is 18.7. The number of nitrogens with zero attached hydrogens (tertiary/aromatic N) is 3. The Bertz CT molecular complexity index is 1150. The Kier molecular flexibility index (Phi) is 8.17. The predicted octanol–water partition coefficient (Wildman–Crippen LogP) is 2.59. The van der Waals surface area contributed by atoms with E-state index in [0.29, 0.717) is 36.4 Å². The van der Waals surface area contributed by atoms with Crippen LogP contribution in [-0.2, 0) is 14.4 Å². The van der Waals surface area contributed by atoms with Crippen molar-refractivity contribution in [3.63, 3.8) is 0 Å². The average molecular weight is 489 g/mol. The fourth-order valence-electron chi connectivity index (χ4n) is 3.08. The molecule has 0 radical (unpaired) electrons. The summed E-state index contributed by atoms with van der Waals surface area (Å²) in [5, 5.41) is 22.3. The fraction of sp³-hybridized carbons (Fsp3) is 0.227. The molecule has 1 amide bonds. The van der Waals surface area contributed by atoms with E-state index < -0.39 is 11.9 Å². The number of amides is 1. The van der Waals surface area contributed by atoms with Gasteiger partial charge in [0, 0.05) is 29.4 Å². The molecule has 1 aromatic heterocycles. The van der Waals surface area contributed by atoms with Gasteiger partial charge in [-0.1, -0.05) is 28.9 Å². The molecular formula is C22H21ClN4O7. The Balaban J connectivity index is 0.000000481. The molecule has 0 saturated carbocycles. The number of carbonyl (C=O) groups is 3. The van der Waals surface area contributed by atoms with E-state index >= 15 is 0 Å². The van der Waals surface area contributed by atoms with Gasteiger partial charge in [-0.2, -0.15) is 4.98 Å². The van der Waals surface area contributed by atoms with Crippen LogP contribution >= 0.6 is 11.6 Å². The van der Waals surface area contributed by atoms with Crippen LogP contribution in [0.25, 0.3) is 11.4 Å². The average Bonchev–Trinajstić information content (AvgIpc) is 3.26. The smallest absolute Gasteiger partial charge is 0.414 e. The number of nitrogens with one attached hydrogen (secondary N) is 1. The second-order valence-electron chi connectivity index (χ2n) is 7.24. The van der Waals surface area contributed by atoms with Crippen LogP contribution in [0.2, 0.25) is 5.02 Å². The quantitative estimate of drug-likeness (QED) is 0.441. The number of carbonyl (C=O) groups excluding carboxylic acids is 1. The van der Waals surface area contributed by atoms with Crippen molar-refractivity contribution < 1.29 is 33.9 Å². The lowest BCUT2D eigenvalue weighted by Gasteiger charge is -2.36. The Morgan fingerprint density at radius 1 is 1.15 bits per heavy atom. The third kappa shape index (κ3) is 6.77. The number of methoxy groups -OCH3 is 1. The maximum absolute atomic E-state index is 12.2. The molecule has 1 aliphatic heterocycles. The minimum absolute atomic E-state index is 0.0613. The molecule has 178 valence electrons. The minimum atomic E-state index is -1.82. The number of rotatable bonds is 6. The van der Waals surface area contributed by atoms with Gasteiger partial charge in [-0.15, -0.1) is 0 Å². The highest BCUT2D eigenvalue weighted by Gasteiger charge is 2.33. The molecular weight excluding hydrogens is 468 g/mol. The predicted molar refractivity (Wildman–Crippen MR) is 121 cm³/mol. The van der Waals surface area contributed by atoms with E-state index in [1.54, 1.807) is 19.2 Å². The number of aromatic nitrogens is 2. The van der Waals surface area contributed by atoms with Crippen molar-refractivity contribution in [2.75, 3.05) is 32.1 Å². The van der Waals surface area contributed by atoms with E-state index in [9.17, 15) is 4.79 Å². The van der Waals surface area contributed by atoms with Crippen LogP contribution in [0.5, 0.6) is 5.75 Å². The third-order valence-electron chi connectivity index (χ3n) is 4.75. The number of anilines is 1. The molecule has 0 spiro atoms. The second kappa shape index (κ2) is 11.3. The lowest BCUT2D eigenvalue weighted by molar-refractivity contribution is -0.159. The van der Waals surface area contributed by atoms with Crippen LogP contribution < -0.4 is 10.1 Å². The van der Waals surface area contributed by atoms with Gasteiger partial charge in [-0.3, -0.25) is 9.69 Å². The van der Waals surface area contributed by atoms with Crippen LogP contribution in [0.15, 0.2) is 53.1 Å². The molecule has 0 unspecified atom stereocenters. The van der Waals surface area contributed by atoms with Crippen molar-refractivity contribution in [1.82, 2.24) is 15.0 Å². The van der Waals surface area contributed by atoms with E-state index in [4.69, 9.17) is 40.7 Å². The number of carboxylic acids is 2. The molecule has 34 heavy (non-hydrogen) atoms. The highest BCUT2D eigenvalue weighted by atomic mass is 35.5. The molecule has 11 nitrogen and oxygen atoms in total. The summed E-state index contributed by atoms with van der Waals surface area (Å²) in [4.78, 5) is 36.9. The first-order valence-corrected chi connectivity index (χ1v) is 10.3. The number of likely N-dealkylation sites (tertiary alicyclic amines) is 1. The monoisotopic (exact) mass is 488 g/mol. The van der Waals surface area contributed by atoms with Crippen molar-refractivity contribution in [3.8, 4) is 17.1 Å². The van der Waals surface area contributed by atoms with E-state index in [1.807, 2.05) is 41.3 Å². The molecule has 12 heteroatoms. The molecule has 0 atom stereocenters. The normalized spacial score (nSPS) is 13.2. The molecule has 2 heterocycles. The van der Waals surface area contributed by atoms with Crippen molar-refractivity contribution in [2.24, 2.45) is 0 Å². The van der Waals surface area contributed by atoms with Gasteiger partial charge in [0.25, 0.3) is 0 Å². The molecule has 1 saturated heterocycles. The highest BCUT2D eigenvalue weighted by molar-refractivity contribution is 6.30. The van der Waals surface area contributed by atoms with Crippen molar-refractivity contribution >= 4 is 35.1 Å². The Morgan fingerprint density at radius 3 is 2.41 bits per heavy atom. The molecule has 4 rings (SSSR count). The van der Waals surface area contributed by atoms with E-state index in [1.165, 1.54) is 0 Å². The van der Waals surface area contributed by atoms with Crippen LogP contribution in [0.1, 0.15) is 11.8 Å². The number of hydrogen-bond acceptors (Lipinski definition) is 8. The number of hydrogen-bond donors (Lipinski definition) is 3. The molecule has 1 aliphatic rings. The lowest BCUT2D eigenvalue weighted by atomic mass is 10.0. The summed E-state index contributed by atoms with van der Waals surface area (Å²) in [6.07, 6.45) is 0. The van der Waals surface area contributed by atoms with Crippen LogP contribution in [0, 0.1) is 0 Å². The molecule has 0 aliphatic carbocycles. The maximum atomic E-state index is 12.2. The van der Waals surface area contributed by atoms with Crippen LogP contribution in [0.3, 0.4) is 0 Å². The van der Waals surface area contributed by atoms with Gasteiger partial charge in [0.15, 0.2) is 0 Å². The second-order valence-corrected chi connectivity index (χ2v) is 7.68. The van der Waals surface area contributed by atoms with Gasteiger partial charge in [0.2, 0.25) is 17.6 Å². The minimum Gasteiger partial charge on any atom is -0.497 e.